The molecule has 0 aliphatic rings. The molecule has 0 radical (unpaired) electrons. The normalized spacial score (nSPS) is 10.4. The third kappa shape index (κ3) is 4.70. The molecule has 0 spiro atoms. The van der Waals surface area contributed by atoms with Crippen LogP contribution in [0.15, 0.2) is 36.9 Å². The van der Waals surface area contributed by atoms with Crippen molar-refractivity contribution in [3.63, 3.8) is 0 Å². The number of hydrogen-bond donors (Lipinski definition) is 0. The molecule has 0 bridgehead atoms. The quantitative estimate of drug-likeness (QED) is 0.806. The van der Waals surface area contributed by atoms with E-state index in [1.54, 1.807) is 0 Å². The van der Waals surface area contributed by atoms with E-state index in [4.69, 9.17) is 0 Å². The molecular weight excluding hydrogens is 222 g/mol. The molecule has 98 valence electrons. The lowest BCUT2D eigenvalue weighted by molar-refractivity contribution is 0.764. The molecule has 2 aromatic heterocycles. The highest BCUT2D eigenvalue weighted by Crippen LogP contribution is 2.11. The van der Waals surface area contributed by atoms with Crippen molar-refractivity contribution in [2.75, 3.05) is 0 Å². The highest BCUT2D eigenvalue weighted by molar-refractivity contribution is 5.13. The molecule has 0 N–H and O–H groups in total. The van der Waals surface area contributed by atoms with Crippen LogP contribution in [0.1, 0.15) is 50.7 Å². The maximum Gasteiger partial charge on any atom is 0.0524 e. The van der Waals surface area contributed by atoms with Crippen LogP contribution in [0.2, 0.25) is 0 Å². The molecule has 3 heteroatoms. The van der Waals surface area contributed by atoms with Gasteiger partial charge in [0.05, 0.1) is 6.20 Å². The van der Waals surface area contributed by atoms with E-state index in [1.165, 1.54) is 11.1 Å². The zero-order valence-corrected chi connectivity index (χ0v) is 12.0. The first-order chi connectivity index (χ1) is 8.50. The second-order valence-corrected chi connectivity index (χ2v) is 5.04. The van der Waals surface area contributed by atoms with Gasteiger partial charge in [0.25, 0.3) is 0 Å². The van der Waals surface area contributed by atoms with Crippen LogP contribution in [0.25, 0.3) is 0 Å². The number of nitrogens with zero attached hydrogens (tertiary/aromatic N) is 3. The van der Waals surface area contributed by atoms with Crippen LogP contribution in [-0.4, -0.2) is 14.8 Å². The topological polar surface area (TPSA) is 30.7 Å². The third-order valence-electron chi connectivity index (χ3n) is 2.76. The van der Waals surface area contributed by atoms with Crippen LogP contribution in [0.3, 0.4) is 0 Å². The van der Waals surface area contributed by atoms with E-state index in [0.717, 1.165) is 0 Å². The van der Waals surface area contributed by atoms with E-state index >= 15 is 0 Å². The lowest BCUT2D eigenvalue weighted by Gasteiger charge is -2.01. The molecule has 3 nitrogen and oxygen atoms in total. The molecular formula is C15H23N3. The Kier molecular flexibility index (Phi) is 5.56. The van der Waals surface area contributed by atoms with Gasteiger partial charge >= 0.3 is 0 Å². The third-order valence-corrected chi connectivity index (χ3v) is 2.76. The first-order valence-electron chi connectivity index (χ1n) is 6.39. The molecule has 2 rings (SSSR count). The van der Waals surface area contributed by atoms with E-state index < -0.39 is 0 Å². The molecule has 0 aromatic carbocycles. The largest absolute Gasteiger partial charge is 0.276 e. The summed E-state index contributed by atoms with van der Waals surface area (Å²) in [4.78, 5) is 3.93. The maximum atomic E-state index is 4.05. The molecule has 2 heterocycles. The van der Waals surface area contributed by atoms with Crippen molar-refractivity contribution >= 4 is 0 Å². The van der Waals surface area contributed by atoms with Gasteiger partial charge in [-0.2, -0.15) is 5.10 Å². The molecule has 0 atom stereocenters. The zero-order valence-electron chi connectivity index (χ0n) is 12.0. The minimum atomic E-state index is 0.596. The summed E-state index contributed by atoms with van der Waals surface area (Å²) in [6.07, 6.45) is 7.61. The molecule has 0 fully saturated rings. The van der Waals surface area contributed by atoms with Gasteiger partial charge in [-0.3, -0.25) is 9.67 Å². The van der Waals surface area contributed by atoms with Crippen LogP contribution in [0.5, 0.6) is 0 Å². The molecule has 0 aliphatic heterocycles. The fraction of sp³-hybridized carbons (Fsp3) is 0.467. The van der Waals surface area contributed by atoms with E-state index in [9.17, 15) is 0 Å². The van der Waals surface area contributed by atoms with Gasteiger partial charge in [0.1, 0.15) is 0 Å². The van der Waals surface area contributed by atoms with Crippen molar-refractivity contribution in [1.29, 1.82) is 0 Å². The molecule has 2 aromatic rings. The fourth-order valence-electron chi connectivity index (χ4n) is 1.49. The first kappa shape index (κ1) is 14.4. The van der Waals surface area contributed by atoms with E-state index in [0.29, 0.717) is 11.8 Å². The standard InChI is InChI=1S/C8H11N.C7H12N2/c1-7(2)8-3-5-9-6-4-8;1-6(2)7-4-8-9(3)5-7/h3-7H,1-2H3;4-6H,1-3H3. The van der Waals surface area contributed by atoms with Gasteiger partial charge in [0, 0.05) is 25.6 Å². The van der Waals surface area contributed by atoms with E-state index in [-0.39, 0.29) is 0 Å². The highest BCUT2D eigenvalue weighted by atomic mass is 15.2. The number of hydrogen-bond acceptors (Lipinski definition) is 2. The summed E-state index contributed by atoms with van der Waals surface area (Å²) < 4.78 is 1.83. The van der Waals surface area contributed by atoms with Gasteiger partial charge in [0.15, 0.2) is 0 Å². The predicted octanol–water partition coefficient (Wildman–Crippen LogP) is 3.75. The van der Waals surface area contributed by atoms with Crippen molar-refractivity contribution in [3.05, 3.63) is 48.0 Å². The second-order valence-electron chi connectivity index (χ2n) is 5.04. The highest BCUT2D eigenvalue weighted by Gasteiger charge is 1.98. The Morgan fingerprint density at radius 1 is 0.944 bits per heavy atom. The summed E-state index contributed by atoms with van der Waals surface area (Å²) in [6.45, 7) is 8.68. The summed E-state index contributed by atoms with van der Waals surface area (Å²) in [5.74, 6) is 1.21. The predicted molar refractivity (Wildman–Crippen MR) is 75.6 cm³/mol. The molecule has 0 saturated heterocycles. The lowest BCUT2D eigenvalue weighted by atomic mass is 10.1. The summed E-state index contributed by atoms with van der Waals surface area (Å²) in [5, 5.41) is 4.05. The second kappa shape index (κ2) is 6.94. The number of rotatable bonds is 2. The van der Waals surface area contributed by atoms with Crippen LogP contribution in [-0.2, 0) is 7.05 Å². The Hall–Kier alpha value is -1.64. The van der Waals surface area contributed by atoms with Crippen LogP contribution < -0.4 is 0 Å². The fourth-order valence-corrected chi connectivity index (χ4v) is 1.49. The summed E-state index contributed by atoms with van der Waals surface area (Å²) in [7, 11) is 1.94. The summed E-state index contributed by atoms with van der Waals surface area (Å²) in [5.41, 5.74) is 2.66. The van der Waals surface area contributed by atoms with Crippen molar-refractivity contribution in [1.82, 2.24) is 14.8 Å². The Morgan fingerprint density at radius 3 is 1.78 bits per heavy atom. The van der Waals surface area contributed by atoms with Gasteiger partial charge < -0.3 is 0 Å². The van der Waals surface area contributed by atoms with Crippen LogP contribution >= 0.6 is 0 Å². The summed E-state index contributed by atoms with van der Waals surface area (Å²) in [6, 6.07) is 4.09. The van der Waals surface area contributed by atoms with E-state index in [2.05, 4.69) is 37.8 Å². The van der Waals surface area contributed by atoms with Gasteiger partial charge in [-0.25, -0.2) is 0 Å². The number of pyridine rings is 1. The van der Waals surface area contributed by atoms with Gasteiger partial charge in [-0.05, 0) is 35.1 Å². The zero-order chi connectivity index (χ0) is 13.5. The van der Waals surface area contributed by atoms with Crippen molar-refractivity contribution in [2.24, 2.45) is 7.05 Å². The minimum absolute atomic E-state index is 0.596. The van der Waals surface area contributed by atoms with E-state index in [1.807, 2.05) is 48.6 Å². The Bertz CT molecular complexity index is 444. The Morgan fingerprint density at radius 2 is 1.50 bits per heavy atom. The van der Waals surface area contributed by atoms with Crippen molar-refractivity contribution < 1.29 is 0 Å². The monoisotopic (exact) mass is 245 g/mol. The average molecular weight is 245 g/mol. The number of aryl methyl sites for hydroxylation is 1. The van der Waals surface area contributed by atoms with Gasteiger partial charge in [0.2, 0.25) is 0 Å². The summed E-state index contributed by atoms with van der Waals surface area (Å²) >= 11 is 0. The van der Waals surface area contributed by atoms with Crippen LogP contribution in [0.4, 0.5) is 0 Å². The molecule has 0 saturated carbocycles. The SMILES string of the molecule is CC(C)c1ccncc1.CC(C)c1cnn(C)c1. The Balaban J connectivity index is 0.000000180. The molecule has 0 unspecified atom stereocenters. The van der Waals surface area contributed by atoms with Gasteiger partial charge in [-0.15, -0.1) is 0 Å². The first-order valence-corrected chi connectivity index (χ1v) is 6.39. The molecule has 0 aliphatic carbocycles. The molecule has 0 amide bonds. The van der Waals surface area contributed by atoms with Crippen LogP contribution in [0, 0.1) is 0 Å². The van der Waals surface area contributed by atoms with Crippen molar-refractivity contribution in [2.45, 2.75) is 39.5 Å². The maximum absolute atomic E-state index is 4.05. The molecule has 18 heavy (non-hydrogen) atoms. The average Bonchev–Trinajstić information content (AvgIpc) is 2.78. The smallest absolute Gasteiger partial charge is 0.0524 e. The Labute approximate surface area is 110 Å². The number of aromatic nitrogens is 3. The minimum Gasteiger partial charge on any atom is -0.276 e. The van der Waals surface area contributed by atoms with Gasteiger partial charge in [-0.1, -0.05) is 27.7 Å². The lowest BCUT2D eigenvalue weighted by Crippen LogP contribution is -1.85. The van der Waals surface area contributed by atoms with Crippen molar-refractivity contribution in [3.8, 4) is 0 Å².